The maximum Gasteiger partial charge on any atom is 0.225 e. The lowest BCUT2D eigenvalue weighted by Crippen LogP contribution is -2.37. The summed E-state index contributed by atoms with van der Waals surface area (Å²) < 4.78 is 5.71. The first-order chi connectivity index (χ1) is 9.48. The van der Waals surface area contributed by atoms with Crippen LogP contribution in [-0.2, 0) is 4.79 Å². The summed E-state index contributed by atoms with van der Waals surface area (Å²) in [6, 6.07) is 9.72. The number of para-hydroxylation sites is 1. The lowest BCUT2D eigenvalue weighted by Gasteiger charge is -2.17. The molecule has 4 heteroatoms. The predicted octanol–water partition coefficient (Wildman–Crippen LogP) is 2.78. The Kier molecular flexibility index (Phi) is 4.23. The van der Waals surface area contributed by atoms with Gasteiger partial charge in [0.2, 0.25) is 5.91 Å². The van der Waals surface area contributed by atoms with Gasteiger partial charge >= 0.3 is 0 Å². The van der Waals surface area contributed by atoms with Crippen molar-refractivity contribution in [2.45, 2.75) is 20.8 Å². The van der Waals surface area contributed by atoms with E-state index in [0.717, 1.165) is 16.7 Å². The molecule has 0 radical (unpaired) electrons. The van der Waals surface area contributed by atoms with Crippen molar-refractivity contribution in [3.8, 4) is 5.75 Å². The Morgan fingerprint density at radius 3 is 2.75 bits per heavy atom. The minimum atomic E-state index is -0.374. The predicted molar refractivity (Wildman–Crippen MR) is 79.7 cm³/mol. The Morgan fingerprint density at radius 1 is 1.25 bits per heavy atom. The van der Waals surface area contributed by atoms with E-state index in [9.17, 15) is 4.79 Å². The fraction of sp³-hybridized carbons (Fsp3) is 0.375. The molecule has 106 valence electrons. The summed E-state index contributed by atoms with van der Waals surface area (Å²) in [5, 5.41) is 3.90. The van der Waals surface area contributed by atoms with Gasteiger partial charge in [0.05, 0.1) is 6.54 Å². The number of hydrogen-bond donors (Lipinski definition) is 1. The van der Waals surface area contributed by atoms with E-state index in [0.29, 0.717) is 13.2 Å². The van der Waals surface area contributed by atoms with Crippen molar-refractivity contribution in [1.29, 1.82) is 0 Å². The molecule has 0 bridgehead atoms. The standard InChI is InChI=1S/C16H20N2O2/c1-16(2,3)15(19)18-10-11-20-13-8-4-6-12-7-5-9-17-14(12)13/h4-9H,10-11H2,1-3H3,(H,18,19). The molecule has 2 rings (SSSR count). The van der Waals surface area contributed by atoms with Crippen LogP contribution in [0.3, 0.4) is 0 Å². The van der Waals surface area contributed by atoms with Crippen LogP contribution < -0.4 is 10.1 Å². The van der Waals surface area contributed by atoms with Gasteiger partial charge in [-0.05, 0) is 12.1 Å². The highest BCUT2D eigenvalue weighted by molar-refractivity contribution is 5.84. The molecule has 0 aliphatic rings. The number of ether oxygens (including phenoxy) is 1. The van der Waals surface area contributed by atoms with Crippen LogP contribution in [0.5, 0.6) is 5.75 Å². The zero-order valence-corrected chi connectivity index (χ0v) is 12.1. The average Bonchev–Trinajstić information content (AvgIpc) is 2.42. The lowest BCUT2D eigenvalue weighted by molar-refractivity contribution is -0.128. The molecule has 1 N–H and O–H groups in total. The monoisotopic (exact) mass is 272 g/mol. The van der Waals surface area contributed by atoms with Gasteiger partial charge in [-0.1, -0.05) is 39.0 Å². The minimum Gasteiger partial charge on any atom is -0.489 e. The summed E-state index contributed by atoms with van der Waals surface area (Å²) in [6.45, 7) is 6.57. The summed E-state index contributed by atoms with van der Waals surface area (Å²) in [5.41, 5.74) is 0.471. The summed E-state index contributed by atoms with van der Waals surface area (Å²) in [5.74, 6) is 0.769. The van der Waals surface area contributed by atoms with E-state index in [1.165, 1.54) is 0 Å². The van der Waals surface area contributed by atoms with Crippen LogP contribution >= 0.6 is 0 Å². The molecule has 0 saturated carbocycles. The number of carbonyl (C=O) groups is 1. The fourth-order valence-electron chi connectivity index (χ4n) is 1.78. The van der Waals surface area contributed by atoms with Crippen LogP contribution in [-0.4, -0.2) is 24.0 Å². The Bertz CT molecular complexity index is 597. The maximum atomic E-state index is 11.7. The fourth-order valence-corrected chi connectivity index (χ4v) is 1.78. The normalized spacial score (nSPS) is 11.3. The number of benzene rings is 1. The quantitative estimate of drug-likeness (QED) is 0.871. The molecule has 0 atom stereocenters. The van der Waals surface area contributed by atoms with E-state index in [1.54, 1.807) is 6.20 Å². The van der Waals surface area contributed by atoms with E-state index < -0.39 is 0 Å². The second-order valence-electron chi connectivity index (χ2n) is 5.69. The number of pyridine rings is 1. The van der Waals surface area contributed by atoms with E-state index in [2.05, 4.69) is 10.3 Å². The summed E-state index contributed by atoms with van der Waals surface area (Å²) in [4.78, 5) is 16.0. The van der Waals surface area contributed by atoms with Gasteiger partial charge in [0.15, 0.2) is 0 Å². The number of fused-ring (bicyclic) bond motifs is 1. The van der Waals surface area contributed by atoms with Gasteiger partial charge < -0.3 is 10.1 Å². The largest absolute Gasteiger partial charge is 0.489 e. The van der Waals surface area contributed by atoms with Crippen molar-refractivity contribution in [3.05, 3.63) is 36.5 Å². The molecular weight excluding hydrogens is 252 g/mol. The number of nitrogens with one attached hydrogen (secondary N) is 1. The first-order valence-corrected chi connectivity index (χ1v) is 6.73. The molecule has 2 aromatic rings. The molecule has 0 unspecified atom stereocenters. The number of nitrogens with zero attached hydrogens (tertiary/aromatic N) is 1. The number of hydrogen-bond acceptors (Lipinski definition) is 3. The molecule has 4 nitrogen and oxygen atoms in total. The van der Waals surface area contributed by atoms with Crippen molar-refractivity contribution < 1.29 is 9.53 Å². The molecule has 0 spiro atoms. The smallest absolute Gasteiger partial charge is 0.225 e. The van der Waals surface area contributed by atoms with Crippen LogP contribution in [0.2, 0.25) is 0 Å². The molecule has 1 heterocycles. The van der Waals surface area contributed by atoms with Gasteiger partial charge in [0.25, 0.3) is 0 Å². The molecule has 1 aromatic carbocycles. The second kappa shape index (κ2) is 5.90. The highest BCUT2D eigenvalue weighted by atomic mass is 16.5. The van der Waals surface area contributed by atoms with Crippen molar-refractivity contribution in [3.63, 3.8) is 0 Å². The minimum absolute atomic E-state index is 0.0251. The van der Waals surface area contributed by atoms with Crippen molar-refractivity contribution >= 4 is 16.8 Å². The molecule has 0 aliphatic heterocycles. The van der Waals surface area contributed by atoms with E-state index >= 15 is 0 Å². The zero-order chi connectivity index (χ0) is 14.6. The molecular formula is C16H20N2O2. The van der Waals surface area contributed by atoms with Gasteiger partial charge in [0.1, 0.15) is 17.9 Å². The number of rotatable bonds is 4. The van der Waals surface area contributed by atoms with E-state index in [-0.39, 0.29) is 11.3 Å². The third kappa shape index (κ3) is 3.47. The number of aromatic nitrogens is 1. The number of carbonyl (C=O) groups excluding carboxylic acids is 1. The second-order valence-corrected chi connectivity index (χ2v) is 5.69. The third-order valence-corrected chi connectivity index (χ3v) is 2.92. The van der Waals surface area contributed by atoms with Gasteiger partial charge in [-0.25, -0.2) is 0 Å². The number of amides is 1. The first kappa shape index (κ1) is 14.3. The molecule has 0 aliphatic carbocycles. The van der Waals surface area contributed by atoms with Gasteiger partial charge in [-0.2, -0.15) is 0 Å². The molecule has 1 aromatic heterocycles. The van der Waals surface area contributed by atoms with Gasteiger partial charge in [-0.3, -0.25) is 9.78 Å². The topological polar surface area (TPSA) is 51.2 Å². The maximum absolute atomic E-state index is 11.7. The average molecular weight is 272 g/mol. The molecule has 20 heavy (non-hydrogen) atoms. The van der Waals surface area contributed by atoms with E-state index in [4.69, 9.17) is 4.74 Å². The molecule has 0 saturated heterocycles. The van der Waals surface area contributed by atoms with Gasteiger partial charge in [0, 0.05) is 17.0 Å². The molecule has 0 fully saturated rings. The van der Waals surface area contributed by atoms with Crippen LogP contribution in [0.1, 0.15) is 20.8 Å². The summed E-state index contributed by atoms with van der Waals surface area (Å²) in [6.07, 6.45) is 1.75. The van der Waals surface area contributed by atoms with Gasteiger partial charge in [-0.15, -0.1) is 0 Å². The van der Waals surface area contributed by atoms with Crippen molar-refractivity contribution in [2.75, 3.05) is 13.2 Å². The van der Waals surface area contributed by atoms with Crippen LogP contribution in [0.25, 0.3) is 10.9 Å². The van der Waals surface area contributed by atoms with Crippen LogP contribution in [0.15, 0.2) is 36.5 Å². The van der Waals surface area contributed by atoms with Crippen molar-refractivity contribution in [1.82, 2.24) is 10.3 Å². The SMILES string of the molecule is CC(C)(C)C(=O)NCCOc1cccc2cccnc12. The highest BCUT2D eigenvalue weighted by Gasteiger charge is 2.20. The van der Waals surface area contributed by atoms with Crippen LogP contribution in [0, 0.1) is 5.41 Å². The Hall–Kier alpha value is -2.10. The van der Waals surface area contributed by atoms with E-state index in [1.807, 2.05) is 51.1 Å². The summed E-state index contributed by atoms with van der Waals surface area (Å²) in [7, 11) is 0. The third-order valence-electron chi connectivity index (χ3n) is 2.92. The van der Waals surface area contributed by atoms with Crippen molar-refractivity contribution in [2.24, 2.45) is 5.41 Å². The lowest BCUT2D eigenvalue weighted by atomic mass is 9.96. The Morgan fingerprint density at radius 2 is 2.00 bits per heavy atom. The highest BCUT2D eigenvalue weighted by Crippen LogP contribution is 2.22. The van der Waals surface area contributed by atoms with Crippen LogP contribution in [0.4, 0.5) is 0 Å². The molecule has 1 amide bonds. The summed E-state index contributed by atoms with van der Waals surface area (Å²) >= 11 is 0. The Labute approximate surface area is 119 Å². The Balaban J connectivity index is 1.92. The first-order valence-electron chi connectivity index (χ1n) is 6.73. The zero-order valence-electron chi connectivity index (χ0n) is 12.1.